The number of hydrogen-bond acceptors (Lipinski definition) is 3. The van der Waals surface area contributed by atoms with Crippen molar-refractivity contribution < 1.29 is 13.9 Å². The Morgan fingerprint density at radius 1 is 1.24 bits per heavy atom. The summed E-state index contributed by atoms with van der Waals surface area (Å²) in [7, 11) is 0. The zero-order valence-corrected chi connectivity index (χ0v) is 12.3. The fourth-order valence-corrected chi connectivity index (χ4v) is 1.83. The van der Waals surface area contributed by atoms with Gasteiger partial charge in [-0.05, 0) is 43.2 Å². The first-order chi connectivity index (χ1) is 10.1. The topological polar surface area (TPSA) is 63.5 Å². The maximum absolute atomic E-state index is 11.6. The lowest BCUT2D eigenvalue weighted by molar-refractivity contribution is 0.235. The van der Waals surface area contributed by atoms with Gasteiger partial charge in [-0.15, -0.1) is 0 Å². The molecule has 1 aromatic heterocycles. The number of amides is 2. The Labute approximate surface area is 124 Å². The lowest BCUT2D eigenvalue weighted by Gasteiger charge is -2.11. The summed E-state index contributed by atoms with van der Waals surface area (Å²) in [5.74, 6) is 1.57. The van der Waals surface area contributed by atoms with Gasteiger partial charge in [0, 0.05) is 0 Å². The van der Waals surface area contributed by atoms with E-state index >= 15 is 0 Å². The molecule has 2 amide bonds. The third-order valence-corrected chi connectivity index (χ3v) is 2.99. The minimum Gasteiger partial charge on any atom is -0.491 e. The van der Waals surface area contributed by atoms with Crippen LogP contribution >= 0.6 is 0 Å². The molecular formula is C16H20N2O3. The van der Waals surface area contributed by atoms with Gasteiger partial charge in [0.2, 0.25) is 0 Å². The van der Waals surface area contributed by atoms with Crippen molar-refractivity contribution in [3.63, 3.8) is 0 Å². The lowest BCUT2D eigenvalue weighted by Crippen LogP contribution is -2.37. The molecule has 5 heteroatoms. The van der Waals surface area contributed by atoms with Crippen LogP contribution in [0.25, 0.3) is 0 Å². The molecule has 2 N–H and O–H groups in total. The first kappa shape index (κ1) is 15.0. The first-order valence-electron chi connectivity index (χ1n) is 6.89. The van der Waals surface area contributed by atoms with Crippen LogP contribution < -0.4 is 15.4 Å². The largest absolute Gasteiger partial charge is 0.491 e. The summed E-state index contributed by atoms with van der Waals surface area (Å²) in [6, 6.07) is 9.41. The Hall–Kier alpha value is -2.43. The van der Waals surface area contributed by atoms with Crippen molar-refractivity contribution in [1.82, 2.24) is 10.6 Å². The highest BCUT2D eigenvalue weighted by molar-refractivity contribution is 5.73. The average Bonchev–Trinajstić information content (AvgIpc) is 2.98. The molecular weight excluding hydrogens is 268 g/mol. The number of aryl methyl sites for hydroxylation is 2. The number of urea groups is 1. The van der Waals surface area contributed by atoms with Crippen molar-refractivity contribution in [2.75, 3.05) is 13.2 Å². The van der Waals surface area contributed by atoms with Gasteiger partial charge < -0.3 is 19.8 Å². The molecule has 0 spiro atoms. The standard InChI is InChI=1S/C16H20N2O3/c1-12-5-6-13(2)15(10-12)21-9-7-17-16(19)18-11-14-4-3-8-20-14/h3-6,8,10H,7,9,11H2,1-2H3,(H2,17,18,19). The van der Waals surface area contributed by atoms with Gasteiger partial charge in [-0.3, -0.25) is 0 Å². The molecule has 1 heterocycles. The van der Waals surface area contributed by atoms with Crippen LogP contribution in [-0.2, 0) is 6.54 Å². The number of ether oxygens (including phenoxy) is 1. The Bertz CT molecular complexity index is 579. The Balaban J connectivity index is 1.65. The number of rotatable bonds is 6. The lowest BCUT2D eigenvalue weighted by atomic mass is 10.1. The van der Waals surface area contributed by atoms with Gasteiger partial charge in [-0.2, -0.15) is 0 Å². The van der Waals surface area contributed by atoms with Gasteiger partial charge >= 0.3 is 6.03 Å². The minimum atomic E-state index is -0.240. The van der Waals surface area contributed by atoms with Crippen LogP contribution in [0.1, 0.15) is 16.9 Å². The summed E-state index contributed by atoms with van der Waals surface area (Å²) in [6.45, 7) is 5.26. The molecule has 5 nitrogen and oxygen atoms in total. The van der Waals surface area contributed by atoms with E-state index in [0.29, 0.717) is 19.7 Å². The van der Waals surface area contributed by atoms with Gasteiger partial charge in [-0.25, -0.2) is 4.79 Å². The van der Waals surface area contributed by atoms with E-state index in [9.17, 15) is 4.79 Å². The highest BCUT2D eigenvalue weighted by atomic mass is 16.5. The molecule has 1 aromatic carbocycles. The van der Waals surface area contributed by atoms with Crippen LogP contribution in [0.3, 0.4) is 0 Å². The summed E-state index contributed by atoms with van der Waals surface area (Å²) in [5.41, 5.74) is 2.24. The van der Waals surface area contributed by atoms with E-state index in [0.717, 1.165) is 22.6 Å². The summed E-state index contributed by atoms with van der Waals surface area (Å²) in [4.78, 5) is 11.6. The molecule has 0 radical (unpaired) electrons. The second-order valence-electron chi connectivity index (χ2n) is 4.81. The molecule has 0 unspecified atom stereocenters. The van der Waals surface area contributed by atoms with E-state index in [4.69, 9.17) is 9.15 Å². The molecule has 0 atom stereocenters. The third kappa shape index (κ3) is 4.87. The Kier molecular flexibility index (Phi) is 5.26. The van der Waals surface area contributed by atoms with Crippen LogP contribution in [-0.4, -0.2) is 19.2 Å². The van der Waals surface area contributed by atoms with Crippen molar-refractivity contribution in [3.05, 3.63) is 53.5 Å². The van der Waals surface area contributed by atoms with E-state index in [1.807, 2.05) is 38.1 Å². The van der Waals surface area contributed by atoms with Crippen molar-refractivity contribution in [1.29, 1.82) is 0 Å². The number of carbonyl (C=O) groups excluding carboxylic acids is 1. The molecule has 0 bridgehead atoms. The quantitative estimate of drug-likeness (QED) is 0.803. The average molecular weight is 288 g/mol. The fourth-order valence-electron chi connectivity index (χ4n) is 1.83. The zero-order valence-electron chi connectivity index (χ0n) is 12.3. The fraction of sp³-hybridized carbons (Fsp3) is 0.312. The SMILES string of the molecule is Cc1ccc(C)c(OCCNC(=O)NCc2ccco2)c1. The summed E-state index contributed by atoms with van der Waals surface area (Å²) in [5, 5.41) is 5.44. The van der Waals surface area contributed by atoms with E-state index in [1.165, 1.54) is 0 Å². The molecule has 2 rings (SSSR count). The predicted octanol–water partition coefficient (Wildman–Crippen LogP) is 2.77. The van der Waals surface area contributed by atoms with Crippen molar-refractivity contribution in [2.24, 2.45) is 0 Å². The summed E-state index contributed by atoms with van der Waals surface area (Å²) >= 11 is 0. The normalized spacial score (nSPS) is 10.2. The molecule has 0 aliphatic heterocycles. The molecule has 112 valence electrons. The van der Waals surface area contributed by atoms with Gasteiger partial charge in [-0.1, -0.05) is 12.1 Å². The van der Waals surface area contributed by atoms with Crippen LogP contribution in [0.4, 0.5) is 4.79 Å². The van der Waals surface area contributed by atoms with Crippen molar-refractivity contribution >= 4 is 6.03 Å². The summed E-state index contributed by atoms with van der Waals surface area (Å²) in [6.07, 6.45) is 1.58. The molecule has 0 saturated heterocycles. The molecule has 0 aliphatic rings. The van der Waals surface area contributed by atoms with Gasteiger partial charge in [0.25, 0.3) is 0 Å². The van der Waals surface area contributed by atoms with Crippen LogP contribution in [0, 0.1) is 13.8 Å². The number of nitrogens with one attached hydrogen (secondary N) is 2. The monoisotopic (exact) mass is 288 g/mol. The number of carbonyl (C=O) groups is 1. The van der Waals surface area contributed by atoms with Gasteiger partial charge in [0.05, 0.1) is 19.4 Å². The Morgan fingerprint density at radius 3 is 2.86 bits per heavy atom. The van der Waals surface area contributed by atoms with Crippen LogP contribution in [0.5, 0.6) is 5.75 Å². The van der Waals surface area contributed by atoms with Crippen molar-refractivity contribution in [2.45, 2.75) is 20.4 Å². The predicted molar refractivity (Wildman–Crippen MR) is 80.4 cm³/mol. The van der Waals surface area contributed by atoms with Crippen LogP contribution in [0.2, 0.25) is 0 Å². The van der Waals surface area contributed by atoms with Gasteiger partial charge in [0.15, 0.2) is 0 Å². The second kappa shape index (κ2) is 7.38. The van der Waals surface area contributed by atoms with E-state index in [2.05, 4.69) is 10.6 Å². The van der Waals surface area contributed by atoms with E-state index in [1.54, 1.807) is 12.3 Å². The maximum Gasteiger partial charge on any atom is 0.315 e. The molecule has 21 heavy (non-hydrogen) atoms. The first-order valence-corrected chi connectivity index (χ1v) is 6.89. The maximum atomic E-state index is 11.6. The third-order valence-electron chi connectivity index (χ3n) is 2.99. The number of furan rings is 1. The smallest absolute Gasteiger partial charge is 0.315 e. The highest BCUT2D eigenvalue weighted by Crippen LogP contribution is 2.18. The second-order valence-corrected chi connectivity index (χ2v) is 4.81. The molecule has 0 saturated carbocycles. The summed E-state index contributed by atoms with van der Waals surface area (Å²) < 4.78 is 10.8. The Morgan fingerprint density at radius 2 is 2.10 bits per heavy atom. The number of benzene rings is 1. The van der Waals surface area contributed by atoms with Gasteiger partial charge in [0.1, 0.15) is 18.1 Å². The van der Waals surface area contributed by atoms with Crippen molar-refractivity contribution in [3.8, 4) is 5.75 Å². The molecule has 2 aromatic rings. The van der Waals surface area contributed by atoms with E-state index in [-0.39, 0.29) is 6.03 Å². The highest BCUT2D eigenvalue weighted by Gasteiger charge is 2.03. The van der Waals surface area contributed by atoms with E-state index < -0.39 is 0 Å². The molecule has 0 aliphatic carbocycles. The number of hydrogen-bond donors (Lipinski definition) is 2. The zero-order chi connectivity index (χ0) is 15.1. The van der Waals surface area contributed by atoms with Crippen LogP contribution in [0.15, 0.2) is 41.0 Å². The molecule has 0 fully saturated rings. The minimum absolute atomic E-state index is 0.240.